The Kier molecular flexibility index (Phi) is 6.58. The Labute approximate surface area is 116 Å². The van der Waals surface area contributed by atoms with Crippen molar-refractivity contribution in [2.75, 3.05) is 23.7 Å². The molecule has 1 aromatic carbocycles. The summed E-state index contributed by atoms with van der Waals surface area (Å²) >= 11 is 1.88. The minimum absolute atomic E-state index is 0.618. The third kappa shape index (κ3) is 3.92. The van der Waals surface area contributed by atoms with Crippen molar-refractivity contribution in [1.29, 1.82) is 0 Å². The normalized spacial score (nSPS) is 11.0. The first-order chi connectivity index (χ1) is 8.63. The molecule has 0 bridgehead atoms. The lowest BCUT2D eigenvalue weighted by Gasteiger charge is -2.28. The van der Waals surface area contributed by atoms with Crippen molar-refractivity contribution in [3.8, 4) is 0 Å². The highest BCUT2D eigenvalue weighted by atomic mass is 32.2. The molecule has 0 radical (unpaired) electrons. The van der Waals surface area contributed by atoms with E-state index in [1.54, 1.807) is 0 Å². The second kappa shape index (κ2) is 7.70. The number of anilines is 1. The molecule has 102 valence electrons. The van der Waals surface area contributed by atoms with Crippen molar-refractivity contribution < 1.29 is 0 Å². The quantitative estimate of drug-likeness (QED) is 0.762. The molecule has 0 heterocycles. The Balaban J connectivity index is 3.08. The average Bonchev–Trinajstić information content (AvgIpc) is 2.36. The molecular formula is C15H26N2S. The monoisotopic (exact) mass is 266 g/mol. The lowest BCUT2D eigenvalue weighted by atomic mass is 10.1. The number of nitrogens with two attached hydrogens (primary N) is 1. The largest absolute Gasteiger partial charge is 0.371 e. The van der Waals surface area contributed by atoms with Gasteiger partial charge in [0.15, 0.2) is 0 Å². The van der Waals surface area contributed by atoms with Crippen LogP contribution in [0, 0.1) is 5.92 Å². The minimum Gasteiger partial charge on any atom is -0.371 e. The van der Waals surface area contributed by atoms with Crippen LogP contribution in [0.1, 0.15) is 33.3 Å². The molecule has 1 aromatic rings. The number of benzene rings is 1. The average molecular weight is 266 g/mol. The van der Waals surface area contributed by atoms with Crippen LogP contribution in [0.5, 0.6) is 0 Å². The van der Waals surface area contributed by atoms with Gasteiger partial charge in [-0.1, -0.05) is 26.8 Å². The first-order valence-corrected chi connectivity index (χ1v) is 7.82. The maximum atomic E-state index is 5.97. The summed E-state index contributed by atoms with van der Waals surface area (Å²) in [6, 6.07) is 6.53. The smallest absolute Gasteiger partial charge is 0.0423 e. The summed E-state index contributed by atoms with van der Waals surface area (Å²) in [7, 11) is 0. The molecule has 1 rings (SSSR count). The zero-order valence-electron chi connectivity index (χ0n) is 12.1. The SMILES string of the molecule is CCSc1cccc(N(CC)CC(C)C)c1CN. The first-order valence-electron chi connectivity index (χ1n) is 6.83. The van der Waals surface area contributed by atoms with Crippen molar-refractivity contribution in [1.82, 2.24) is 0 Å². The lowest BCUT2D eigenvalue weighted by Crippen LogP contribution is -2.28. The number of hydrogen-bond donors (Lipinski definition) is 1. The Hall–Kier alpha value is -0.670. The molecule has 0 saturated heterocycles. The molecular weight excluding hydrogens is 240 g/mol. The summed E-state index contributed by atoms with van der Waals surface area (Å²) in [5, 5.41) is 0. The van der Waals surface area contributed by atoms with Crippen molar-refractivity contribution in [2.24, 2.45) is 11.7 Å². The number of nitrogens with zero attached hydrogens (tertiary/aromatic N) is 1. The molecule has 0 aromatic heterocycles. The highest BCUT2D eigenvalue weighted by molar-refractivity contribution is 7.99. The predicted molar refractivity (Wildman–Crippen MR) is 83.5 cm³/mol. The third-order valence-electron chi connectivity index (χ3n) is 2.92. The molecule has 2 nitrogen and oxygen atoms in total. The fraction of sp³-hybridized carbons (Fsp3) is 0.600. The molecule has 0 unspecified atom stereocenters. The highest BCUT2D eigenvalue weighted by Crippen LogP contribution is 2.30. The Bertz CT molecular complexity index is 364. The Morgan fingerprint density at radius 3 is 2.50 bits per heavy atom. The predicted octanol–water partition coefficient (Wildman–Crippen LogP) is 3.74. The summed E-state index contributed by atoms with van der Waals surface area (Å²) in [6.45, 7) is 11.7. The zero-order valence-corrected chi connectivity index (χ0v) is 12.9. The van der Waals surface area contributed by atoms with Gasteiger partial charge in [0.05, 0.1) is 0 Å². The first kappa shape index (κ1) is 15.4. The van der Waals surface area contributed by atoms with Crippen LogP contribution in [0.2, 0.25) is 0 Å². The van der Waals surface area contributed by atoms with E-state index in [0.717, 1.165) is 18.8 Å². The number of thioether (sulfide) groups is 1. The lowest BCUT2D eigenvalue weighted by molar-refractivity contribution is 0.616. The van der Waals surface area contributed by atoms with Crippen LogP contribution >= 0.6 is 11.8 Å². The Morgan fingerprint density at radius 1 is 1.28 bits per heavy atom. The van der Waals surface area contributed by atoms with E-state index in [1.165, 1.54) is 16.1 Å². The third-order valence-corrected chi connectivity index (χ3v) is 3.90. The molecule has 2 N–H and O–H groups in total. The van der Waals surface area contributed by atoms with Gasteiger partial charge in [0.1, 0.15) is 0 Å². The van der Waals surface area contributed by atoms with Gasteiger partial charge in [-0.05, 0) is 30.7 Å². The van der Waals surface area contributed by atoms with E-state index in [4.69, 9.17) is 5.73 Å². The van der Waals surface area contributed by atoms with Crippen LogP contribution in [0.15, 0.2) is 23.1 Å². The van der Waals surface area contributed by atoms with Crippen molar-refractivity contribution >= 4 is 17.4 Å². The van der Waals surface area contributed by atoms with Crippen molar-refractivity contribution in [3.63, 3.8) is 0 Å². The second-order valence-corrected chi connectivity index (χ2v) is 6.13. The summed E-state index contributed by atoms with van der Waals surface area (Å²) in [5.74, 6) is 1.75. The van der Waals surface area contributed by atoms with Gasteiger partial charge in [0.25, 0.3) is 0 Å². The van der Waals surface area contributed by atoms with E-state index < -0.39 is 0 Å². The number of hydrogen-bond acceptors (Lipinski definition) is 3. The summed E-state index contributed by atoms with van der Waals surface area (Å²) in [4.78, 5) is 3.77. The van der Waals surface area contributed by atoms with Crippen LogP contribution in [-0.2, 0) is 6.54 Å². The van der Waals surface area contributed by atoms with Gasteiger partial charge in [0, 0.05) is 35.8 Å². The standard InChI is InChI=1S/C15H26N2S/c1-5-17(11-12(3)4)14-8-7-9-15(18-6-2)13(14)10-16/h7-9,12H,5-6,10-11,16H2,1-4H3. The van der Waals surface area contributed by atoms with Gasteiger partial charge >= 0.3 is 0 Å². The van der Waals surface area contributed by atoms with E-state index in [9.17, 15) is 0 Å². The van der Waals surface area contributed by atoms with E-state index in [2.05, 4.69) is 50.8 Å². The zero-order chi connectivity index (χ0) is 13.5. The van der Waals surface area contributed by atoms with E-state index in [0.29, 0.717) is 12.5 Å². The van der Waals surface area contributed by atoms with Crippen LogP contribution in [0.4, 0.5) is 5.69 Å². The molecule has 0 amide bonds. The summed E-state index contributed by atoms with van der Waals surface area (Å²) < 4.78 is 0. The maximum absolute atomic E-state index is 5.97. The molecule has 3 heteroatoms. The summed E-state index contributed by atoms with van der Waals surface area (Å²) in [6.07, 6.45) is 0. The molecule has 0 aliphatic rings. The molecule has 0 aliphatic carbocycles. The second-order valence-electron chi connectivity index (χ2n) is 4.82. The van der Waals surface area contributed by atoms with Crippen molar-refractivity contribution in [3.05, 3.63) is 23.8 Å². The van der Waals surface area contributed by atoms with Gasteiger partial charge in [-0.2, -0.15) is 0 Å². The fourth-order valence-electron chi connectivity index (χ4n) is 2.18. The van der Waals surface area contributed by atoms with Gasteiger partial charge in [-0.15, -0.1) is 11.8 Å². The van der Waals surface area contributed by atoms with Gasteiger partial charge in [0.2, 0.25) is 0 Å². The molecule has 18 heavy (non-hydrogen) atoms. The van der Waals surface area contributed by atoms with Crippen LogP contribution < -0.4 is 10.6 Å². The van der Waals surface area contributed by atoms with Crippen LogP contribution in [0.3, 0.4) is 0 Å². The number of rotatable bonds is 7. The molecule has 0 atom stereocenters. The molecule has 0 fully saturated rings. The topological polar surface area (TPSA) is 29.3 Å². The molecule has 0 aliphatic heterocycles. The Morgan fingerprint density at radius 2 is 2.00 bits per heavy atom. The van der Waals surface area contributed by atoms with Gasteiger partial charge < -0.3 is 10.6 Å². The molecule has 0 saturated carbocycles. The minimum atomic E-state index is 0.618. The highest BCUT2D eigenvalue weighted by Gasteiger charge is 2.13. The maximum Gasteiger partial charge on any atom is 0.0423 e. The van der Waals surface area contributed by atoms with E-state index in [1.807, 2.05) is 11.8 Å². The fourth-order valence-corrected chi connectivity index (χ4v) is 3.03. The van der Waals surface area contributed by atoms with Crippen LogP contribution in [-0.4, -0.2) is 18.8 Å². The van der Waals surface area contributed by atoms with E-state index in [-0.39, 0.29) is 0 Å². The van der Waals surface area contributed by atoms with Gasteiger partial charge in [-0.25, -0.2) is 0 Å². The molecule has 0 spiro atoms. The van der Waals surface area contributed by atoms with Crippen molar-refractivity contribution in [2.45, 2.75) is 39.1 Å². The summed E-state index contributed by atoms with van der Waals surface area (Å²) in [5.41, 5.74) is 8.58. The van der Waals surface area contributed by atoms with E-state index >= 15 is 0 Å². The van der Waals surface area contributed by atoms with Gasteiger partial charge in [-0.3, -0.25) is 0 Å². The van der Waals surface area contributed by atoms with Crippen LogP contribution in [0.25, 0.3) is 0 Å².